The van der Waals surface area contributed by atoms with Crippen molar-refractivity contribution >= 4 is 22.7 Å². The van der Waals surface area contributed by atoms with Crippen molar-refractivity contribution in [3.05, 3.63) is 89.9 Å². The standard InChI is InChI=1S/C32H38N6/c1-5-9-26(14-12-23(2)3)31-30(29-15-13-24(4)21-38(29)36-31)28-16-17-33-32(35-28)34-27-11-8-10-25(20-27)22-37-18-6-7-19-37/h8-17,20-21,23H,5-7,18-19,22H2,1-4H3,(H,33,34,35)/b14-12-,26-9+. The molecule has 1 N–H and O–H groups in total. The van der Waals surface area contributed by atoms with Gasteiger partial charge in [0, 0.05) is 24.6 Å². The Hall–Kier alpha value is -3.77. The molecule has 5 rings (SSSR count). The highest BCUT2D eigenvalue weighted by atomic mass is 15.2. The third-order valence-corrected chi connectivity index (χ3v) is 6.84. The number of nitrogens with one attached hydrogen (secondary N) is 1. The maximum atomic E-state index is 5.03. The number of allylic oxidation sites excluding steroid dienone is 4. The molecular formula is C32H38N6. The Kier molecular flexibility index (Phi) is 7.99. The average Bonchev–Trinajstić information content (AvgIpc) is 3.54. The number of likely N-dealkylation sites (tertiary alicyclic amines) is 1. The van der Waals surface area contributed by atoms with Crippen LogP contribution < -0.4 is 5.32 Å². The first-order valence-electron chi connectivity index (χ1n) is 13.8. The number of aromatic nitrogens is 4. The number of aryl methyl sites for hydroxylation is 1. The van der Waals surface area contributed by atoms with Crippen molar-refractivity contribution in [1.82, 2.24) is 24.5 Å². The molecule has 196 valence electrons. The summed E-state index contributed by atoms with van der Waals surface area (Å²) in [7, 11) is 0. The molecule has 0 spiro atoms. The normalized spacial score (nSPS) is 14.8. The zero-order valence-electron chi connectivity index (χ0n) is 23.0. The SMILES string of the molecule is CC/C=C(\C=C/C(C)C)c1nn2cc(C)ccc2c1-c1ccnc(Nc2cccc(CN3CCCC3)c2)n1. The number of benzene rings is 1. The molecular weight excluding hydrogens is 468 g/mol. The second-order valence-corrected chi connectivity index (χ2v) is 10.5. The molecule has 4 aromatic rings. The highest BCUT2D eigenvalue weighted by Crippen LogP contribution is 2.33. The van der Waals surface area contributed by atoms with E-state index in [4.69, 9.17) is 10.1 Å². The van der Waals surface area contributed by atoms with Crippen molar-refractivity contribution in [3.63, 3.8) is 0 Å². The van der Waals surface area contributed by atoms with Crippen LogP contribution in [0.25, 0.3) is 22.3 Å². The minimum Gasteiger partial charge on any atom is -0.324 e. The van der Waals surface area contributed by atoms with Crippen LogP contribution in [0.15, 0.2) is 73.1 Å². The number of fused-ring (bicyclic) bond motifs is 1. The van der Waals surface area contributed by atoms with E-state index < -0.39 is 0 Å². The van der Waals surface area contributed by atoms with Crippen LogP contribution in [0.4, 0.5) is 11.6 Å². The van der Waals surface area contributed by atoms with Crippen LogP contribution in [0.1, 0.15) is 56.9 Å². The van der Waals surface area contributed by atoms with Crippen LogP contribution in [0.2, 0.25) is 0 Å². The number of hydrogen-bond donors (Lipinski definition) is 1. The fourth-order valence-electron chi connectivity index (χ4n) is 5.00. The predicted octanol–water partition coefficient (Wildman–Crippen LogP) is 7.44. The Morgan fingerprint density at radius 1 is 1.11 bits per heavy atom. The van der Waals surface area contributed by atoms with Gasteiger partial charge in [-0.15, -0.1) is 0 Å². The van der Waals surface area contributed by atoms with Crippen LogP contribution in [0.5, 0.6) is 0 Å². The van der Waals surface area contributed by atoms with Crippen LogP contribution in [-0.2, 0) is 6.54 Å². The molecule has 0 amide bonds. The van der Waals surface area contributed by atoms with Gasteiger partial charge in [-0.1, -0.05) is 57.2 Å². The topological polar surface area (TPSA) is 58.4 Å². The van der Waals surface area contributed by atoms with Crippen LogP contribution >= 0.6 is 0 Å². The van der Waals surface area contributed by atoms with Gasteiger partial charge >= 0.3 is 0 Å². The quantitative estimate of drug-likeness (QED) is 0.239. The van der Waals surface area contributed by atoms with E-state index in [1.54, 1.807) is 0 Å². The second kappa shape index (κ2) is 11.7. The lowest BCUT2D eigenvalue weighted by atomic mass is 10.0. The molecule has 1 aromatic carbocycles. The molecule has 0 radical (unpaired) electrons. The largest absolute Gasteiger partial charge is 0.324 e. The van der Waals surface area contributed by atoms with Gasteiger partial charge in [-0.05, 0) is 86.2 Å². The summed E-state index contributed by atoms with van der Waals surface area (Å²) in [4.78, 5) is 12.0. The van der Waals surface area contributed by atoms with Crippen LogP contribution in [-0.4, -0.2) is 37.6 Å². The van der Waals surface area contributed by atoms with Crippen molar-refractivity contribution in [2.75, 3.05) is 18.4 Å². The summed E-state index contributed by atoms with van der Waals surface area (Å²) in [6, 6.07) is 14.8. The Balaban J connectivity index is 1.51. The van der Waals surface area contributed by atoms with E-state index in [2.05, 4.69) is 104 Å². The third-order valence-electron chi connectivity index (χ3n) is 6.84. The maximum Gasteiger partial charge on any atom is 0.227 e. The van der Waals surface area contributed by atoms with E-state index in [-0.39, 0.29) is 0 Å². The minimum absolute atomic E-state index is 0.453. The van der Waals surface area contributed by atoms with Gasteiger partial charge in [-0.3, -0.25) is 4.90 Å². The van der Waals surface area contributed by atoms with E-state index in [9.17, 15) is 0 Å². The molecule has 6 heteroatoms. The first kappa shape index (κ1) is 25.9. The average molecular weight is 507 g/mol. The number of nitrogens with zero attached hydrogens (tertiary/aromatic N) is 5. The van der Waals surface area contributed by atoms with Gasteiger partial charge < -0.3 is 5.32 Å². The molecule has 1 aliphatic heterocycles. The molecule has 3 aromatic heterocycles. The Labute approximate surface area is 226 Å². The molecule has 0 saturated carbocycles. The lowest BCUT2D eigenvalue weighted by Crippen LogP contribution is -2.18. The summed E-state index contributed by atoms with van der Waals surface area (Å²) in [5.74, 6) is 1.03. The molecule has 0 unspecified atom stereocenters. The van der Waals surface area contributed by atoms with Crippen LogP contribution in [0, 0.1) is 12.8 Å². The predicted molar refractivity (Wildman–Crippen MR) is 157 cm³/mol. The lowest BCUT2D eigenvalue weighted by molar-refractivity contribution is 0.331. The Bertz CT molecular complexity index is 1460. The Morgan fingerprint density at radius 3 is 2.74 bits per heavy atom. The van der Waals surface area contributed by atoms with Gasteiger partial charge in [0.1, 0.15) is 5.69 Å². The highest BCUT2D eigenvalue weighted by molar-refractivity contribution is 5.91. The van der Waals surface area contributed by atoms with E-state index in [0.29, 0.717) is 11.9 Å². The summed E-state index contributed by atoms with van der Waals surface area (Å²) in [6.07, 6.45) is 14.1. The first-order valence-corrected chi connectivity index (χ1v) is 13.8. The van der Waals surface area contributed by atoms with E-state index in [0.717, 1.165) is 52.3 Å². The maximum absolute atomic E-state index is 5.03. The van der Waals surface area contributed by atoms with Gasteiger partial charge in [0.25, 0.3) is 0 Å². The fraction of sp³-hybridized carbons (Fsp3) is 0.344. The summed E-state index contributed by atoms with van der Waals surface area (Å²) in [5.41, 5.74) is 8.42. The van der Waals surface area contributed by atoms with Crippen molar-refractivity contribution in [3.8, 4) is 11.3 Å². The molecule has 6 nitrogen and oxygen atoms in total. The smallest absolute Gasteiger partial charge is 0.227 e. The first-order chi connectivity index (χ1) is 18.5. The second-order valence-electron chi connectivity index (χ2n) is 10.5. The summed E-state index contributed by atoms with van der Waals surface area (Å²) >= 11 is 0. The molecule has 1 aliphatic rings. The van der Waals surface area contributed by atoms with Gasteiger partial charge in [0.2, 0.25) is 5.95 Å². The van der Waals surface area contributed by atoms with E-state index >= 15 is 0 Å². The van der Waals surface area contributed by atoms with Gasteiger partial charge in [0.15, 0.2) is 0 Å². The number of anilines is 2. The molecule has 0 atom stereocenters. The van der Waals surface area contributed by atoms with E-state index in [1.165, 1.54) is 31.5 Å². The van der Waals surface area contributed by atoms with Gasteiger partial charge in [0.05, 0.1) is 16.8 Å². The zero-order chi connectivity index (χ0) is 26.5. The van der Waals surface area contributed by atoms with Gasteiger partial charge in [-0.2, -0.15) is 5.10 Å². The van der Waals surface area contributed by atoms with Crippen molar-refractivity contribution in [1.29, 1.82) is 0 Å². The van der Waals surface area contributed by atoms with E-state index in [1.807, 2.05) is 16.8 Å². The summed E-state index contributed by atoms with van der Waals surface area (Å²) < 4.78 is 1.98. The number of hydrogen-bond acceptors (Lipinski definition) is 5. The molecule has 1 saturated heterocycles. The van der Waals surface area contributed by atoms with Gasteiger partial charge in [-0.25, -0.2) is 14.5 Å². The van der Waals surface area contributed by atoms with Crippen molar-refractivity contribution < 1.29 is 0 Å². The van der Waals surface area contributed by atoms with Crippen molar-refractivity contribution in [2.45, 2.75) is 53.5 Å². The minimum atomic E-state index is 0.453. The fourth-order valence-corrected chi connectivity index (χ4v) is 5.00. The third kappa shape index (κ3) is 6.03. The molecule has 0 bridgehead atoms. The molecule has 1 fully saturated rings. The summed E-state index contributed by atoms with van der Waals surface area (Å²) in [6.45, 7) is 12.0. The lowest BCUT2D eigenvalue weighted by Gasteiger charge is -2.15. The van der Waals surface area contributed by atoms with Crippen LogP contribution in [0.3, 0.4) is 0 Å². The monoisotopic (exact) mass is 506 g/mol. The molecule has 0 aliphatic carbocycles. The zero-order valence-corrected chi connectivity index (χ0v) is 23.0. The van der Waals surface area contributed by atoms with Crippen molar-refractivity contribution in [2.24, 2.45) is 5.92 Å². The number of pyridine rings is 1. The molecule has 38 heavy (non-hydrogen) atoms. The summed E-state index contributed by atoms with van der Waals surface area (Å²) in [5, 5.41) is 8.48. The highest BCUT2D eigenvalue weighted by Gasteiger charge is 2.19. The molecule has 4 heterocycles. The number of rotatable bonds is 9. The Morgan fingerprint density at radius 2 is 1.95 bits per heavy atom.